The van der Waals surface area contributed by atoms with Crippen molar-refractivity contribution in [1.82, 2.24) is 9.80 Å². The van der Waals surface area contributed by atoms with E-state index in [0.29, 0.717) is 19.1 Å². The summed E-state index contributed by atoms with van der Waals surface area (Å²) in [6, 6.07) is 8.93. The van der Waals surface area contributed by atoms with Crippen LogP contribution < -0.4 is 4.90 Å². The van der Waals surface area contributed by atoms with Crippen LogP contribution in [0.1, 0.15) is 31.7 Å². The van der Waals surface area contributed by atoms with E-state index in [1.54, 1.807) is 0 Å². The Bertz CT molecular complexity index is 484. The first-order chi connectivity index (χ1) is 10.5. The highest BCUT2D eigenvalue weighted by atomic mass is 16.2. The maximum atomic E-state index is 12.4. The molecule has 1 fully saturated rings. The van der Waals surface area contributed by atoms with Crippen LogP contribution in [-0.2, 0) is 11.3 Å². The quantitative estimate of drug-likeness (QED) is 0.836. The van der Waals surface area contributed by atoms with E-state index in [1.807, 2.05) is 26.0 Å². The molecule has 22 heavy (non-hydrogen) atoms. The predicted octanol–water partition coefficient (Wildman–Crippen LogP) is 2.59. The SMILES string of the molecule is CC1CCCCN1CC(=O)N(C)Cc1ccc(N(C)C)cc1. The van der Waals surface area contributed by atoms with E-state index in [-0.39, 0.29) is 5.91 Å². The second kappa shape index (κ2) is 7.63. The first kappa shape index (κ1) is 16.8. The molecule has 4 heteroatoms. The van der Waals surface area contributed by atoms with E-state index in [0.717, 1.165) is 6.54 Å². The first-order valence-corrected chi connectivity index (χ1v) is 8.21. The number of carbonyl (C=O) groups is 1. The summed E-state index contributed by atoms with van der Waals surface area (Å²) in [4.78, 5) is 18.6. The van der Waals surface area contributed by atoms with Crippen molar-refractivity contribution in [2.45, 2.75) is 38.8 Å². The third kappa shape index (κ3) is 4.47. The van der Waals surface area contributed by atoms with Crippen LogP contribution in [0.4, 0.5) is 5.69 Å². The molecule has 0 saturated carbocycles. The molecule has 1 aliphatic heterocycles. The minimum absolute atomic E-state index is 0.213. The smallest absolute Gasteiger partial charge is 0.236 e. The number of likely N-dealkylation sites (N-methyl/N-ethyl adjacent to an activating group) is 1. The van der Waals surface area contributed by atoms with Crippen molar-refractivity contribution in [3.63, 3.8) is 0 Å². The van der Waals surface area contributed by atoms with Gasteiger partial charge in [0.2, 0.25) is 5.91 Å². The van der Waals surface area contributed by atoms with E-state index < -0.39 is 0 Å². The molecule has 1 aliphatic rings. The minimum atomic E-state index is 0.213. The van der Waals surface area contributed by atoms with Gasteiger partial charge in [-0.3, -0.25) is 9.69 Å². The lowest BCUT2D eigenvalue weighted by molar-refractivity contribution is -0.132. The fourth-order valence-electron chi connectivity index (χ4n) is 2.95. The standard InChI is InChI=1S/C18H29N3O/c1-15-7-5-6-12-21(15)14-18(22)20(4)13-16-8-10-17(11-9-16)19(2)3/h8-11,15H,5-7,12-14H2,1-4H3. The molecule has 0 N–H and O–H groups in total. The number of benzene rings is 1. The van der Waals surface area contributed by atoms with E-state index in [4.69, 9.17) is 0 Å². The van der Waals surface area contributed by atoms with Crippen LogP contribution in [0.25, 0.3) is 0 Å². The topological polar surface area (TPSA) is 26.8 Å². The van der Waals surface area contributed by atoms with Crippen molar-refractivity contribution in [3.05, 3.63) is 29.8 Å². The zero-order valence-electron chi connectivity index (χ0n) is 14.4. The number of anilines is 1. The van der Waals surface area contributed by atoms with E-state index in [9.17, 15) is 4.79 Å². The van der Waals surface area contributed by atoms with Gasteiger partial charge in [-0.15, -0.1) is 0 Å². The molecule has 1 unspecified atom stereocenters. The second-order valence-electron chi connectivity index (χ2n) is 6.63. The molecule has 1 aromatic carbocycles. The molecule has 1 aromatic rings. The minimum Gasteiger partial charge on any atom is -0.378 e. The Hall–Kier alpha value is -1.55. The molecule has 1 heterocycles. The molecule has 4 nitrogen and oxygen atoms in total. The van der Waals surface area contributed by atoms with Crippen molar-refractivity contribution >= 4 is 11.6 Å². The highest BCUT2D eigenvalue weighted by Gasteiger charge is 2.22. The second-order valence-corrected chi connectivity index (χ2v) is 6.63. The average Bonchev–Trinajstić information content (AvgIpc) is 2.50. The van der Waals surface area contributed by atoms with Gasteiger partial charge in [0, 0.05) is 39.4 Å². The monoisotopic (exact) mass is 303 g/mol. The fourth-order valence-corrected chi connectivity index (χ4v) is 2.95. The summed E-state index contributed by atoms with van der Waals surface area (Å²) in [6.45, 7) is 4.51. The lowest BCUT2D eigenvalue weighted by Crippen LogP contribution is -2.44. The van der Waals surface area contributed by atoms with Crippen LogP contribution in [-0.4, -0.2) is 56.0 Å². The zero-order valence-corrected chi connectivity index (χ0v) is 14.4. The van der Waals surface area contributed by atoms with Crippen molar-refractivity contribution in [1.29, 1.82) is 0 Å². The molecule has 0 radical (unpaired) electrons. The normalized spacial score (nSPS) is 19.0. The largest absolute Gasteiger partial charge is 0.378 e. The highest BCUT2D eigenvalue weighted by Crippen LogP contribution is 2.17. The third-order valence-electron chi connectivity index (χ3n) is 4.58. The molecule has 1 amide bonds. The van der Waals surface area contributed by atoms with E-state index in [2.05, 4.69) is 41.0 Å². The van der Waals surface area contributed by atoms with Crippen LogP contribution >= 0.6 is 0 Å². The van der Waals surface area contributed by atoms with Crippen LogP contribution in [0.3, 0.4) is 0 Å². The Morgan fingerprint density at radius 1 is 1.18 bits per heavy atom. The van der Waals surface area contributed by atoms with Crippen molar-refractivity contribution in [2.75, 3.05) is 39.1 Å². The summed E-state index contributed by atoms with van der Waals surface area (Å²) in [5.41, 5.74) is 2.35. The maximum Gasteiger partial charge on any atom is 0.236 e. The Balaban J connectivity index is 1.87. The number of carbonyl (C=O) groups excluding carboxylic acids is 1. The van der Waals surface area contributed by atoms with Crippen LogP contribution in [0.15, 0.2) is 24.3 Å². The average molecular weight is 303 g/mol. The van der Waals surface area contributed by atoms with Crippen molar-refractivity contribution in [2.24, 2.45) is 0 Å². The zero-order chi connectivity index (χ0) is 16.1. The van der Waals surface area contributed by atoms with Gasteiger partial charge >= 0.3 is 0 Å². The summed E-state index contributed by atoms with van der Waals surface area (Å²) in [7, 11) is 5.96. The molecular formula is C18H29N3O. The third-order valence-corrected chi connectivity index (χ3v) is 4.58. The molecule has 1 saturated heterocycles. The Morgan fingerprint density at radius 2 is 1.86 bits per heavy atom. The van der Waals surface area contributed by atoms with Crippen molar-refractivity contribution < 1.29 is 4.79 Å². The molecule has 2 rings (SSSR count). The van der Waals surface area contributed by atoms with Gasteiger partial charge < -0.3 is 9.80 Å². The molecular weight excluding hydrogens is 274 g/mol. The Morgan fingerprint density at radius 3 is 2.45 bits per heavy atom. The van der Waals surface area contributed by atoms with Gasteiger partial charge in [-0.05, 0) is 44.0 Å². The summed E-state index contributed by atoms with van der Waals surface area (Å²) in [6.07, 6.45) is 3.72. The Labute approximate surface area is 134 Å². The molecule has 0 aromatic heterocycles. The molecule has 122 valence electrons. The number of nitrogens with zero attached hydrogens (tertiary/aromatic N) is 3. The van der Waals surface area contributed by atoms with Gasteiger partial charge in [-0.2, -0.15) is 0 Å². The van der Waals surface area contributed by atoms with E-state index >= 15 is 0 Å². The first-order valence-electron chi connectivity index (χ1n) is 8.21. The number of hydrogen-bond acceptors (Lipinski definition) is 3. The van der Waals surface area contributed by atoms with Gasteiger partial charge in [0.15, 0.2) is 0 Å². The number of likely N-dealkylation sites (tertiary alicyclic amines) is 1. The number of rotatable bonds is 5. The summed E-state index contributed by atoms with van der Waals surface area (Å²) >= 11 is 0. The molecule has 1 atom stereocenters. The van der Waals surface area contributed by atoms with E-state index in [1.165, 1.54) is 30.5 Å². The maximum absolute atomic E-state index is 12.4. The number of piperidine rings is 1. The summed E-state index contributed by atoms with van der Waals surface area (Å²) in [5, 5.41) is 0. The van der Waals surface area contributed by atoms with Crippen molar-refractivity contribution in [3.8, 4) is 0 Å². The number of amides is 1. The summed E-state index contributed by atoms with van der Waals surface area (Å²) in [5.74, 6) is 0.213. The van der Waals surface area contributed by atoms with Crippen LogP contribution in [0, 0.1) is 0 Å². The van der Waals surface area contributed by atoms with Gasteiger partial charge in [0.25, 0.3) is 0 Å². The molecule has 0 bridgehead atoms. The highest BCUT2D eigenvalue weighted by molar-refractivity contribution is 5.78. The lowest BCUT2D eigenvalue weighted by Gasteiger charge is -2.33. The van der Waals surface area contributed by atoms with Gasteiger partial charge in [0.05, 0.1) is 6.54 Å². The van der Waals surface area contributed by atoms with Crippen LogP contribution in [0.2, 0.25) is 0 Å². The lowest BCUT2D eigenvalue weighted by atomic mass is 10.0. The van der Waals surface area contributed by atoms with Gasteiger partial charge in [-0.25, -0.2) is 0 Å². The predicted molar refractivity (Wildman–Crippen MR) is 92.1 cm³/mol. The van der Waals surface area contributed by atoms with Crippen LogP contribution in [0.5, 0.6) is 0 Å². The molecule has 0 aliphatic carbocycles. The van der Waals surface area contributed by atoms with Gasteiger partial charge in [0.1, 0.15) is 0 Å². The fraction of sp³-hybridized carbons (Fsp3) is 0.611. The van der Waals surface area contributed by atoms with Gasteiger partial charge in [-0.1, -0.05) is 18.6 Å². The summed E-state index contributed by atoms with van der Waals surface area (Å²) < 4.78 is 0. The Kier molecular flexibility index (Phi) is 5.83. The molecule has 0 spiro atoms. The number of hydrogen-bond donors (Lipinski definition) is 0.